The average Bonchev–Trinajstić information content (AvgIpc) is 3.33. The Balaban J connectivity index is 1.21. The average molecular weight is 667 g/mol. The van der Waals surface area contributed by atoms with Crippen molar-refractivity contribution in [1.29, 1.82) is 0 Å². The molecule has 1 saturated heterocycles. The summed E-state index contributed by atoms with van der Waals surface area (Å²) in [6, 6.07) is 1.95. The quantitative estimate of drug-likeness (QED) is 0.407. The number of carboxylic acid groups (broad SMARTS) is 1. The molecule has 260 valence electrons. The molecule has 4 heterocycles. The van der Waals surface area contributed by atoms with Gasteiger partial charge in [0.2, 0.25) is 11.8 Å². The minimum Gasteiger partial charge on any atom is -0.493 e. The number of nitrogens with zero attached hydrogens (tertiary/aromatic N) is 2. The van der Waals surface area contributed by atoms with Crippen molar-refractivity contribution in [2.75, 3.05) is 13.2 Å². The fourth-order valence-electron chi connectivity index (χ4n) is 7.25. The van der Waals surface area contributed by atoms with Crippen molar-refractivity contribution < 1.29 is 43.3 Å². The molecule has 5 atom stereocenters. The van der Waals surface area contributed by atoms with Crippen LogP contribution in [0.3, 0.4) is 0 Å². The van der Waals surface area contributed by atoms with Gasteiger partial charge in [0, 0.05) is 24.4 Å². The van der Waals surface area contributed by atoms with E-state index in [-0.39, 0.29) is 25.3 Å². The number of hydrogen-bond donors (Lipinski definition) is 3. The van der Waals surface area contributed by atoms with Crippen LogP contribution in [0.5, 0.6) is 5.75 Å². The molecular weight excluding hydrogens is 620 g/mol. The molecule has 3 N–H and O–H groups in total. The number of aryl methyl sites for hydroxylation is 1. The highest BCUT2D eigenvalue weighted by Gasteiger charge is 2.61. The van der Waals surface area contributed by atoms with Gasteiger partial charge in [0.15, 0.2) is 0 Å². The van der Waals surface area contributed by atoms with Gasteiger partial charge in [-0.1, -0.05) is 37.1 Å². The zero-order valence-electron chi connectivity index (χ0n) is 27.9. The van der Waals surface area contributed by atoms with E-state index >= 15 is 0 Å². The van der Waals surface area contributed by atoms with Crippen molar-refractivity contribution in [3.63, 3.8) is 0 Å². The SMILES string of the molecule is CC(C)(C)OC(=O)N[C@H]1CCCCC/C=C\[C@@H]2C[C@@]2(C(=O)O)NC(=O)[C@@H]2C[C@@H](OC(=O)N3Cc4ccc5c(c4C3)OCCC5)CN2C1=O. The van der Waals surface area contributed by atoms with Crippen LogP contribution in [0.1, 0.15) is 88.8 Å². The topological polar surface area (TPSA) is 164 Å². The number of carboxylic acids is 1. The number of amides is 4. The summed E-state index contributed by atoms with van der Waals surface area (Å²) in [6.07, 6.45) is 7.02. The lowest BCUT2D eigenvalue weighted by Gasteiger charge is -2.30. The smallest absolute Gasteiger partial charge is 0.410 e. The molecule has 0 unspecified atom stereocenters. The summed E-state index contributed by atoms with van der Waals surface area (Å²) in [5.74, 6) is -1.81. The van der Waals surface area contributed by atoms with Crippen LogP contribution >= 0.6 is 0 Å². The van der Waals surface area contributed by atoms with E-state index in [2.05, 4.69) is 10.6 Å². The second-order valence-corrected chi connectivity index (χ2v) is 14.6. The van der Waals surface area contributed by atoms with Gasteiger partial charge in [-0.25, -0.2) is 14.4 Å². The Hall–Kier alpha value is -4.29. The summed E-state index contributed by atoms with van der Waals surface area (Å²) in [6.45, 7) is 6.40. The number of benzene rings is 1. The molecule has 0 spiro atoms. The van der Waals surface area contributed by atoms with Crippen LogP contribution in [0.15, 0.2) is 24.3 Å². The van der Waals surface area contributed by atoms with Crippen LogP contribution in [-0.2, 0) is 43.4 Å². The van der Waals surface area contributed by atoms with Crippen molar-refractivity contribution in [2.45, 2.75) is 121 Å². The van der Waals surface area contributed by atoms with Gasteiger partial charge >= 0.3 is 18.2 Å². The van der Waals surface area contributed by atoms with Crippen LogP contribution < -0.4 is 15.4 Å². The molecule has 1 aliphatic carbocycles. The minimum atomic E-state index is -1.46. The van der Waals surface area contributed by atoms with Crippen LogP contribution in [0.25, 0.3) is 0 Å². The molecule has 5 aliphatic rings. The summed E-state index contributed by atoms with van der Waals surface area (Å²) in [7, 11) is 0. The van der Waals surface area contributed by atoms with E-state index in [9.17, 15) is 29.1 Å². The third-order valence-electron chi connectivity index (χ3n) is 9.82. The zero-order valence-corrected chi connectivity index (χ0v) is 27.9. The number of aliphatic carboxylic acids is 1. The van der Waals surface area contributed by atoms with Crippen molar-refractivity contribution >= 4 is 30.0 Å². The number of alkyl carbamates (subject to hydrolysis) is 1. The third-order valence-corrected chi connectivity index (χ3v) is 9.82. The standard InChI is InChI=1S/C35H46N4O9/c1-34(2,3)48-32(44)36-26-12-8-6-4-5-7-11-23-17-35(23,31(42)43)37-29(40)27-16-24(19-39(27)30(26)41)47-33(45)38-18-22-14-13-21-10-9-15-46-28(21)25(22)20-38/h7,11,13-14,23-24,26-27H,4-6,8-10,12,15-20H2,1-3H3,(H,36,44)(H,37,40)(H,42,43)/b11-7-/t23-,24-,26+,27+,35-/m1/s1. The number of ether oxygens (including phenoxy) is 3. The molecule has 4 amide bonds. The number of fused-ring (bicyclic) bond motifs is 5. The van der Waals surface area contributed by atoms with Gasteiger partial charge in [-0.2, -0.15) is 0 Å². The second-order valence-electron chi connectivity index (χ2n) is 14.6. The minimum absolute atomic E-state index is 0.0159. The Labute approximate surface area is 280 Å². The lowest BCUT2D eigenvalue weighted by Crippen LogP contribution is -2.56. The maximum absolute atomic E-state index is 14.2. The normalized spacial score (nSPS) is 29.4. The first-order valence-corrected chi connectivity index (χ1v) is 17.1. The van der Waals surface area contributed by atoms with Gasteiger partial charge in [0.25, 0.3) is 0 Å². The Bertz CT molecular complexity index is 1500. The van der Waals surface area contributed by atoms with Gasteiger partial charge < -0.3 is 34.9 Å². The van der Waals surface area contributed by atoms with Crippen LogP contribution in [0.4, 0.5) is 9.59 Å². The Kier molecular flexibility index (Phi) is 9.32. The van der Waals surface area contributed by atoms with Gasteiger partial charge in [-0.05, 0) is 70.4 Å². The number of carbonyl (C=O) groups is 5. The molecule has 0 aromatic heterocycles. The van der Waals surface area contributed by atoms with Crippen molar-refractivity contribution in [3.05, 3.63) is 41.0 Å². The summed E-state index contributed by atoms with van der Waals surface area (Å²) in [4.78, 5) is 69.6. The molecule has 6 rings (SSSR count). The molecule has 48 heavy (non-hydrogen) atoms. The van der Waals surface area contributed by atoms with Crippen molar-refractivity contribution in [3.8, 4) is 5.75 Å². The van der Waals surface area contributed by atoms with Gasteiger partial charge in [-0.3, -0.25) is 14.5 Å². The van der Waals surface area contributed by atoms with Crippen LogP contribution in [-0.4, -0.2) is 87.4 Å². The molecule has 2 fully saturated rings. The summed E-state index contributed by atoms with van der Waals surface area (Å²) < 4.78 is 17.3. The number of allylic oxidation sites excluding steroid dienone is 1. The molecule has 13 nitrogen and oxygen atoms in total. The van der Waals surface area contributed by atoms with E-state index < -0.39 is 59.3 Å². The van der Waals surface area contributed by atoms with E-state index in [0.717, 1.165) is 54.5 Å². The maximum Gasteiger partial charge on any atom is 0.410 e. The first kappa shape index (κ1) is 33.6. The highest BCUT2D eigenvalue weighted by atomic mass is 16.6. The highest BCUT2D eigenvalue weighted by molar-refractivity contribution is 5.96. The van der Waals surface area contributed by atoms with Gasteiger partial charge in [-0.15, -0.1) is 0 Å². The summed E-state index contributed by atoms with van der Waals surface area (Å²) in [5, 5.41) is 15.5. The van der Waals surface area contributed by atoms with E-state index in [1.54, 1.807) is 25.7 Å². The van der Waals surface area contributed by atoms with E-state index in [1.807, 2.05) is 24.3 Å². The Morgan fingerprint density at radius 1 is 1.08 bits per heavy atom. The highest BCUT2D eigenvalue weighted by Crippen LogP contribution is 2.45. The number of hydrogen-bond acceptors (Lipinski definition) is 8. The number of rotatable bonds is 3. The first-order chi connectivity index (χ1) is 22.8. The summed E-state index contributed by atoms with van der Waals surface area (Å²) in [5.41, 5.74) is 0.835. The maximum atomic E-state index is 14.2. The molecular formula is C35H46N4O9. The molecule has 0 radical (unpaired) electrons. The second kappa shape index (κ2) is 13.3. The van der Waals surface area contributed by atoms with Crippen molar-refractivity contribution in [1.82, 2.24) is 20.4 Å². The van der Waals surface area contributed by atoms with Gasteiger partial charge in [0.05, 0.1) is 19.7 Å². The molecule has 1 saturated carbocycles. The Morgan fingerprint density at radius 3 is 2.65 bits per heavy atom. The lowest BCUT2D eigenvalue weighted by atomic mass is 10.00. The molecule has 13 heteroatoms. The molecule has 1 aromatic carbocycles. The monoisotopic (exact) mass is 666 g/mol. The predicted octanol–water partition coefficient (Wildman–Crippen LogP) is 3.81. The third kappa shape index (κ3) is 7.09. The molecule has 4 aliphatic heterocycles. The zero-order chi connectivity index (χ0) is 34.2. The first-order valence-electron chi connectivity index (χ1n) is 17.1. The molecule has 1 aromatic rings. The lowest BCUT2D eigenvalue weighted by molar-refractivity contribution is -0.145. The van der Waals surface area contributed by atoms with Crippen LogP contribution in [0, 0.1) is 5.92 Å². The fourth-order valence-corrected chi connectivity index (χ4v) is 7.25. The van der Waals surface area contributed by atoms with E-state index in [0.29, 0.717) is 32.5 Å². The van der Waals surface area contributed by atoms with Crippen LogP contribution in [0.2, 0.25) is 0 Å². The largest absolute Gasteiger partial charge is 0.493 e. The summed E-state index contributed by atoms with van der Waals surface area (Å²) >= 11 is 0. The number of nitrogens with one attached hydrogen (secondary N) is 2. The number of carbonyl (C=O) groups excluding carboxylic acids is 4. The molecule has 0 bridgehead atoms. The fraction of sp³-hybridized carbons (Fsp3) is 0.629. The Morgan fingerprint density at radius 2 is 1.88 bits per heavy atom. The van der Waals surface area contributed by atoms with E-state index in [1.165, 1.54) is 4.90 Å². The predicted molar refractivity (Wildman–Crippen MR) is 172 cm³/mol. The van der Waals surface area contributed by atoms with Gasteiger partial charge in [0.1, 0.15) is 35.1 Å². The van der Waals surface area contributed by atoms with Crippen molar-refractivity contribution in [2.24, 2.45) is 5.92 Å². The van der Waals surface area contributed by atoms with E-state index in [4.69, 9.17) is 14.2 Å².